The molecular weight excluding hydrogens is 572 g/mol. The highest BCUT2D eigenvalue weighted by Gasteiger charge is 2.26. The molecule has 0 fully saturated rings. The predicted molar refractivity (Wildman–Crippen MR) is 170 cm³/mol. The number of hydrogen-bond donors (Lipinski definition) is 6. The topological polar surface area (TPSA) is 176 Å². The lowest BCUT2D eigenvalue weighted by molar-refractivity contribution is -0.139. The van der Waals surface area contributed by atoms with Gasteiger partial charge in [-0.2, -0.15) is 0 Å². The van der Waals surface area contributed by atoms with Crippen LogP contribution in [0, 0.1) is 5.41 Å². The van der Waals surface area contributed by atoms with Gasteiger partial charge in [0.1, 0.15) is 5.84 Å². The molecule has 1 atom stereocenters. The molecule has 0 heterocycles. The Labute approximate surface area is 256 Å². The van der Waals surface area contributed by atoms with Crippen LogP contribution in [0.3, 0.4) is 0 Å². The molecule has 1 unspecified atom stereocenters. The number of carbonyl (C=O) groups is 2. The minimum atomic E-state index is -1.13. The van der Waals surface area contributed by atoms with Gasteiger partial charge in [-0.05, 0) is 101 Å². The van der Waals surface area contributed by atoms with Crippen molar-refractivity contribution in [2.75, 3.05) is 44.5 Å². The van der Waals surface area contributed by atoms with Crippen molar-refractivity contribution >= 4 is 40.7 Å². The standard InChI is InChI=1S/C31H39ClN6O5/c1-5-42-26-15-21(31(2,35)12-13-38(3)4)14-20(28(26)43-18-27(39)40)17-36-25-11-8-22(32)16-24(25)30(41)37-23-9-6-19(7-10-23)29(33)34/h6-11,14-16,36H,5,12-13,17-18,35H2,1-4H3,(H3,33,34)(H,37,41)(H,39,40). The number of nitrogen functional groups attached to an aromatic ring is 1. The van der Waals surface area contributed by atoms with E-state index in [1.165, 1.54) is 0 Å². The molecule has 0 aromatic heterocycles. The van der Waals surface area contributed by atoms with Gasteiger partial charge in [-0.3, -0.25) is 10.2 Å². The van der Waals surface area contributed by atoms with Crippen molar-refractivity contribution in [2.24, 2.45) is 11.5 Å². The van der Waals surface area contributed by atoms with Crippen LogP contribution in [0.15, 0.2) is 54.6 Å². The molecule has 3 rings (SSSR count). The van der Waals surface area contributed by atoms with Crippen LogP contribution in [0.4, 0.5) is 11.4 Å². The first-order chi connectivity index (χ1) is 20.3. The molecule has 0 saturated heterocycles. The van der Waals surface area contributed by atoms with Crippen molar-refractivity contribution in [1.82, 2.24) is 4.90 Å². The van der Waals surface area contributed by atoms with Crippen molar-refractivity contribution in [1.29, 1.82) is 5.41 Å². The lowest BCUT2D eigenvalue weighted by Gasteiger charge is -2.29. The zero-order valence-electron chi connectivity index (χ0n) is 24.8. The third-order valence-electron chi connectivity index (χ3n) is 6.66. The molecule has 0 aliphatic carbocycles. The predicted octanol–water partition coefficient (Wildman–Crippen LogP) is 4.48. The number of benzene rings is 3. The average Bonchev–Trinajstić information content (AvgIpc) is 2.95. The number of ether oxygens (including phenoxy) is 2. The van der Waals surface area contributed by atoms with Crippen LogP contribution < -0.4 is 31.6 Å². The number of amides is 1. The highest BCUT2D eigenvalue weighted by atomic mass is 35.5. The van der Waals surface area contributed by atoms with E-state index in [4.69, 9.17) is 38.0 Å². The van der Waals surface area contributed by atoms with Crippen molar-refractivity contribution in [3.63, 3.8) is 0 Å². The van der Waals surface area contributed by atoms with Gasteiger partial charge in [0.15, 0.2) is 18.1 Å². The van der Waals surface area contributed by atoms with E-state index >= 15 is 0 Å². The van der Waals surface area contributed by atoms with Crippen molar-refractivity contribution < 1.29 is 24.2 Å². The highest BCUT2D eigenvalue weighted by Crippen LogP contribution is 2.38. The smallest absolute Gasteiger partial charge is 0.341 e. The van der Waals surface area contributed by atoms with Crippen LogP contribution in [0.5, 0.6) is 11.5 Å². The summed E-state index contributed by atoms with van der Waals surface area (Å²) < 4.78 is 11.6. The number of carboxylic acids is 1. The number of halogens is 1. The average molecular weight is 611 g/mol. The van der Waals surface area contributed by atoms with Crippen molar-refractivity contribution in [3.8, 4) is 11.5 Å². The SMILES string of the molecule is CCOc1cc(C(C)(N)CCN(C)C)cc(CNc2ccc(Cl)cc2C(=O)Nc2ccc(C(=N)N)cc2)c1OCC(=O)O. The van der Waals surface area contributed by atoms with Gasteiger partial charge < -0.3 is 41.6 Å². The molecule has 230 valence electrons. The fraction of sp³-hybridized carbons (Fsp3) is 0.323. The van der Waals surface area contributed by atoms with Crippen molar-refractivity contribution in [3.05, 3.63) is 81.9 Å². The molecule has 43 heavy (non-hydrogen) atoms. The Morgan fingerprint density at radius 2 is 1.79 bits per heavy atom. The summed E-state index contributed by atoms with van der Waals surface area (Å²) >= 11 is 6.26. The van der Waals surface area contributed by atoms with E-state index in [9.17, 15) is 14.7 Å². The molecule has 1 amide bonds. The maximum absolute atomic E-state index is 13.3. The molecule has 0 bridgehead atoms. The Hall–Kier alpha value is -4.32. The number of carbonyl (C=O) groups excluding carboxylic acids is 1. The summed E-state index contributed by atoms with van der Waals surface area (Å²) in [6.07, 6.45) is 0.655. The third kappa shape index (κ3) is 9.34. The molecule has 3 aromatic carbocycles. The van der Waals surface area contributed by atoms with Gasteiger partial charge in [-0.25, -0.2) is 4.79 Å². The van der Waals surface area contributed by atoms with Gasteiger partial charge in [0, 0.05) is 39.6 Å². The first-order valence-corrected chi connectivity index (χ1v) is 14.1. The van der Waals surface area contributed by atoms with E-state index in [0.717, 1.165) is 12.1 Å². The van der Waals surface area contributed by atoms with Gasteiger partial charge in [-0.1, -0.05) is 11.6 Å². The van der Waals surface area contributed by atoms with Crippen molar-refractivity contribution in [2.45, 2.75) is 32.4 Å². The summed E-state index contributed by atoms with van der Waals surface area (Å²) in [6.45, 7) is 4.43. The van der Waals surface area contributed by atoms with Crippen LogP contribution in [0.1, 0.15) is 47.3 Å². The maximum Gasteiger partial charge on any atom is 0.341 e. The van der Waals surface area contributed by atoms with Gasteiger partial charge in [0.25, 0.3) is 5.91 Å². The highest BCUT2D eigenvalue weighted by molar-refractivity contribution is 6.31. The van der Waals surface area contributed by atoms with Gasteiger partial charge in [0.05, 0.1) is 12.2 Å². The number of rotatable bonds is 15. The number of hydrogen-bond acceptors (Lipinski definition) is 8. The second-order valence-corrected chi connectivity index (χ2v) is 11.0. The molecule has 3 aromatic rings. The van der Waals surface area contributed by atoms with Gasteiger partial charge >= 0.3 is 5.97 Å². The minimum Gasteiger partial charge on any atom is -0.490 e. The Bertz CT molecular complexity index is 1460. The lowest BCUT2D eigenvalue weighted by atomic mass is 9.88. The van der Waals surface area contributed by atoms with E-state index in [1.54, 1.807) is 48.5 Å². The number of amidine groups is 1. The molecular formula is C31H39ClN6O5. The third-order valence-corrected chi connectivity index (χ3v) is 6.89. The molecule has 12 heteroatoms. The zero-order chi connectivity index (χ0) is 31.7. The molecule has 0 saturated carbocycles. The van der Waals surface area contributed by atoms with E-state index in [0.29, 0.717) is 46.3 Å². The normalized spacial score (nSPS) is 12.3. The fourth-order valence-electron chi connectivity index (χ4n) is 4.26. The minimum absolute atomic E-state index is 0.0740. The van der Waals surface area contributed by atoms with E-state index < -0.39 is 24.0 Å². The summed E-state index contributed by atoms with van der Waals surface area (Å²) in [5.74, 6) is -0.967. The second kappa shape index (κ2) is 14.7. The first kappa shape index (κ1) is 33.2. The maximum atomic E-state index is 13.3. The Balaban J connectivity index is 1.97. The molecule has 8 N–H and O–H groups in total. The van der Waals surface area contributed by atoms with E-state index in [2.05, 4.69) is 10.6 Å². The quantitative estimate of drug-likeness (QED) is 0.107. The number of carboxylic acid groups (broad SMARTS) is 1. The van der Waals surface area contributed by atoms with Crippen LogP contribution in [-0.2, 0) is 16.9 Å². The van der Waals surface area contributed by atoms with E-state index in [-0.39, 0.29) is 23.7 Å². The number of anilines is 2. The number of aliphatic carboxylic acids is 1. The van der Waals surface area contributed by atoms with Crippen LogP contribution in [0.2, 0.25) is 5.02 Å². The van der Waals surface area contributed by atoms with Gasteiger partial charge in [-0.15, -0.1) is 0 Å². The van der Waals surface area contributed by atoms with Crippen LogP contribution in [0.25, 0.3) is 0 Å². The van der Waals surface area contributed by atoms with Crippen LogP contribution >= 0.6 is 11.6 Å². The second-order valence-electron chi connectivity index (χ2n) is 10.5. The molecule has 11 nitrogen and oxygen atoms in total. The Morgan fingerprint density at radius 3 is 2.40 bits per heavy atom. The molecule has 0 radical (unpaired) electrons. The fourth-order valence-corrected chi connectivity index (χ4v) is 4.43. The number of nitrogens with two attached hydrogens (primary N) is 2. The molecule has 0 spiro atoms. The summed E-state index contributed by atoms with van der Waals surface area (Å²) in [6, 6.07) is 15.1. The summed E-state index contributed by atoms with van der Waals surface area (Å²) in [5, 5.41) is 23.3. The number of nitrogens with zero attached hydrogens (tertiary/aromatic N) is 1. The molecule has 0 aliphatic heterocycles. The molecule has 0 aliphatic rings. The summed E-state index contributed by atoms with van der Waals surface area (Å²) in [5.41, 5.74) is 14.8. The monoisotopic (exact) mass is 610 g/mol. The summed E-state index contributed by atoms with van der Waals surface area (Å²) in [4.78, 5) is 26.7. The Kier molecular flexibility index (Phi) is 11.4. The van der Waals surface area contributed by atoms with E-state index in [1.807, 2.05) is 38.9 Å². The Morgan fingerprint density at radius 1 is 1.09 bits per heavy atom. The first-order valence-electron chi connectivity index (χ1n) is 13.7. The zero-order valence-corrected chi connectivity index (χ0v) is 25.5. The number of nitrogens with one attached hydrogen (secondary N) is 3. The lowest BCUT2D eigenvalue weighted by Crippen LogP contribution is -2.36. The summed E-state index contributed by atoms with van der Waals surface area (Å²) in [7, 11) is 3.95. The largest absolute Gasteiger partial charge is 0.490 e. The van der Waals surface area contributed by atoms with Crippen LogP contribution in [-0.4, -0.2) is 61.6 Å². The van der Waals surface area contributed by atoms with Gasteiger partial charge in [0.2, 0.25) is 0 Å².